The molecular formula is C4H7NaO4. The summed E-state index contributed by atoms with van der Waals surface area (Å²) >= 11 is 0. The van der Waals surface area contributed by atoms with Gasteiger partial charge in [0.05, 0.1) is 0 Å². The van der Waals surface area contributed by atoms with Crippen LogP contribution in [-0.4, -0.2) is 17.2 Å². The molecule has 0 spiro atoms. The zero-order valence-electron chi connectivity index (χ0n) is 7.22. The molecule has 4 nitrogen and oxygen atoms in total. The summed E-state index contributed by atoms with van der Waals surface area (Å²) in [4.78, 5) is 19.8. The summed E-state index contributed by atoms with van der Waals surface area (Å²) in [6.45, 7) is 0.866. The normalized spacial score (nSPS) is 11.2. The number of carboxylic acid groups (broad SMARTS) is 1. The van der Waals surface area contributed by atoms with E-state index < -0.39 is 18.1 Å². The van der Waals surface area contributed by atoms with E-state index in [0.29, 0.717) is 0 Å². The molecule has 9 heavy (non-hydrogen) atoms. The Hall–Kier alpha value is 0.100. The molecule has 0 saturated heterocycles. The Balaban J connectivity index is -0.000000320. The minimum absolute atomic E-state index is 0. The van der Waals surface area contributed by atoms with Gasteiger partial charge in [0, 0.05) is 9.11 Å². The van der Waals surface area contributed by atoms with Crippen molar-refractivity contribution < 1.29 is 52.5 Å². The molecule has 0 aromatic heterocycles. The van der Waals surface area contributed by atoms with Crippen LogP contribution < -0.4 is 34.7 Å². The van der Waals surface area contributed by atoms with E-state index in [1.54, 1.807) is 0 Å². The van der Waals surface area contributed by atoms with Gasteiger partial charge < -0.3 is 15.4 Å². The van der Waals surface area contributed by atoms with Gasteiger partial charge in [0.15, 0.2) is 5.78 Å². The zero-order chi connectivity index (χ0) is 7.65. The second kappa shape index (κ2) is 8.10. The topological polar surface area (TPSA) is 88.7 Å². The molecule has 0 amide bonds. The van der Waals surface area contributed by atoms with E-state index in [4.69, 9.17) is 2.74 Å². The van der Waals surface area contributed by atoms with Crippen molar-refractivity contribution in [3.8, 4) is 0 Å². The van der Waals surface area contributed by atoms with Gasteiger partial charge in [0.2, 0.25) is 0 Å². The molecule has 0 aliphatic carbocycles. The smallest absolute Gasteiger partial charge is 0.542 e. The van der Waals surface area contributed by atoms with E-state index in [9.17, 15) is 14.7 Å². The fourth-order valence-electron chi connectivity index (χ4n) is 0.102. The standard InChI is InChI=1S/C4H6O3.Na.H2O/c1-2-3(5)4(6)7;;/h2H2,1H3,(H,6,7);;1H2/q;+1;/p-1/i2D2;;. The van der Waals surface area contributed by atoms with Gasteiger partial charge in [-0.3, -0.25) is 4.79 Å². The van der Waals surface area contributed by atoms with Crippen LogP contribution in [0.5, 0.6) is 0 Å². The van der Waals surface area contributed by atoms with Gasteiger partial charge in [-0.2, -0.15) is 0 Å². The number of hydrogen-bond acceptors (Lipinski definition) is 3. The van der Waals surface area contributed by atoms with E-state index >= 15 is 0 Å². The average Bonchev–Trinajstić information content (AvgIpc) is 1.62. The molecule has 0 rings (SSSR count). The fraction of sp³-hybridized carbons (Fsp3) is 0.500. The maximum Gasteiger partial charge on any atom is 1.00 e. The van der Waals surface area contributed by atoms with Crippen molar-refractivity contribution in [2.45, 2.75) is 13.3 Å². The van der Waals surface area contributed by atoms with E-state index in [0.717, 1.165) is 6.92 Å². The first-order valence-electron chi connectivity index (χ1n) is 2.61. The molecule has 0 radical (unpaired) electrons. The maximum absolute atomic E-state index is 10.1. The molecule has 0 bridgehead atoms. The van der Waals surface area contributed by atoms with Crippen LogP contribution in [0, 0.1) is 0 Å². The van der Waals surface area contributed by atoms with E-state index in [1.165, 1.54) is 0 Å². The molecule has 0 aliphatic heterocycles. The molecule has 0 aromatic carbocycles. The molecule has 5 heteroatoms. The number of ketones is 1. The third-order valence-electron chi connectivity index (χ3n) is 0.412. The zero-order valence-corrected chi connectivity index (χ0v) is 7.22. The first-order chi connectivity index (χ1) is 3.85. The first-order valence-corrected chi connectivity index (χ1v) is 1.61. The van der Waals surface area contributed by atoms with Gasteiger partial charge >= 0.3 is 29.6 Å². The van der Waals surface area contributed by atoms with Crippen LogP contribution in [0.15, 0.2) is 0 Å². The van der Waals surface area contributed by atoms with E-state index in [-0.39, 0.29) is 35.0 Å². The molecule has 2 N–H and O–H groups in total. The molecule has 0 fully saturated rings. The number of carbonyl (C=O) groups excluding carboxylic acids is 2. The summed E-state index contributed by atoms with van der Waals surface area (Å²) < 4.78 is 13.1. The number of hydrogen-bond donors (Lipinski definition) is 0. The number of carboxylic acids is 1. The summed E-state index contributed by atoms with van der Waals surface area (Å²) in [6.07, 6.45) is -2.32. The van der Waals surface area contributed by atoms with Crippen molar-refractivity contribution in [2.24, 2.45) is 0 Å². The van der Waals surface area contributed by atoms with Crippen LogP contribution in [0.1, 0.15) is 16.0 Å². The Kier molecular flexibility index (Phi) is 8.19. The molecule has 0 aliphatic rings. The SMILES string of the molecule is O.[2H]C([2H])(C)C(=O)C(=O)[O-].[Na+]. The summed E-state index contributed by atoms with van der Waals surface area (Å²) in [7, 11) is 0. The fourth-order valence-corrected chi connectivity index (χ4v) is 0.102. The Labute approximate surface area is 77.7 Å². The summed E-state index contributed by atoms with van der Waals surface area (Å²) in [5, 5.41) is 9.65. The molecule has 0 unspecified atom stereocenters. The van der Waals surface area contributed by atoms with Crippen molar-refractivity contribution in [1.82, 2.24) is 0 Å². The van der Waals surface area contributed by atoms with Gasteiger partial charge in [0.1, 0.15) is 5.97 Å². The Bertz CT molecular complexity index is 153. The molecule has 0 atom stereocenters. The van der Waals surface area contributed by atoms with Gasteiger partial charge in [-0.15, -0.1) is 0 Å². The van der Waals surface area contributed by atoms with Crippen LogP contribution in [0.4, 0.5) is 0 Å². The first kappa shape index (κ1) is 9.10. The third-order valence-corrected chi connectivity index (χ3v) is 0.412. The second-order valence-electron chi connectivity index (χ2n) is 0.867. The number of rotatable bonds is 2. The Morgan fingerprint density at radius 1 is 1.67 bits per heavy atom. The minimum Gasteiger partial charge on any atom is -0.542 e. The molecule has 0 saturated carbocycles. The van der Waals surface area contributed by atoms with Crippen LogP contribution in [0.2, 0.25) is 0 Å². The second-order valence-corrected chi connectivity index (χ2v) is 0.867. The molecule has 0 aromatic rings. The van der Waals surface area contributed by atoms with Gasteiger partial charge in [-0.1, -0.05) is 6.92 Å². The van der Waals surface area contributed by atoms with Gasteiger partial charge in [0.25, 0.3) is 0 Å². The number of Topliss-reactive ketones (excluding diaryl/α,β-unsaturated/α-hetero) is 1. The predicted octanol–water partition coefficient (Wildman–Crippen LogP) is -5.11. The van der Waals surface area contributed by atoms with Crippen molar-refractivity contribution >= 4 is 11.8 Å². The van der Waals surface area contributed by atoms with Crippen molar-refractivity contribution in [1.29, 1.82) is 0 Å². The van der Waals surface area contributed by atoms with Crippen molar-refractivity contribution in [3.05, 3.63) is 0 Å². The largest absolute Gasteiger partial charge is 1.00 e. The summed E-state index contributed by atoms with van der Waals surface area (Å²) in [5.41, 5.74) is 0. The number of carbonyl (C=O) groups is 2. The van der Waals surface area contributed by atoms with E-state index in [1.807, 2.05) is 0 Å². The van der Waals surface area contributed by atoms with Gasteiger partial charge in [-0.25, -0.2) is 0 Å². The quantitative estimate of drug-likeness (QED) is 0.287. The predicted molar refractivity (Wildman–Crippen MR) is 23.9 cm³/mol. The van der Waals surface area contributed by atoms with Crippen LogP contribution in [-0.2, 0) is 9.59 Å². The van der Waals surface area contributed by atoms with Crippen LogP contribution >= 0.6 is 0 Å². The van der Waals surface area contributed by atoms with Gasteiger partial charge in [-0.05, 0) is 0 Å². The van der Waals surface area contributed by atoms with E-state index in [2.05, 4.69) is 0 Å². The monoisotopic (exact) mass is 144 g/mol. The van der Waals surface area contributed by atoms with Crippen LogP contribution in [0.25, 0.3) is 0 Å². The molecular weight excluding hydrogens is 135 g/mol. The molecule has 0 heterocycles. The number of aliphatic carboxylic acids is 1. The Morgan fingerprint density at radius 3 is 2.00 bits per heavy atom. The summed E-state index contributed by atoms with van der Waals surface area (Å²) in [6, 6.07) is 0. The summed E-state index contributed by atoms with van der Waals surface area (Å²) in [5.74, 6) is -3.51. The molecule has 48 valence electrons. The van der Waals surface area contributed by atoms with Crippen LogP contribution in [0.3, 0.4) is 0 Å². The van der Waals surface area contributed by atoms with Crippen molar-refractivity contribution in [3.63, 3.8) is 0 Å². The average molecular weight is 144 g/mol. The van der Waals surface area contributed by atoms with Crippen molar-refractivity contribution in [2.75, 3.05) is 0 Å². The maximum atomic E-state index is 10.1. The minimum atomic E-state index is -2.32. The third kappa shape index (κ3) is 8.10. The Morgan fingerprint density at radius 2 is 2.00 bits per heavy atom.